The summed E-state index contributed by atoms with van der Waals surface area (Å²) in [5.41, 5.74) is -1.45. The minimum Gasteiger partial charge on any atom is -0.423 e. The third-order valence-corrected chi connectivity index (χ3v) is 5.99. The van der Waals surface area contributed by atoms with Gasteiger partial charge in [0.25, 0.3) is 0 Å². The van der Waals surface area contributed by atoms with Gasteiger partial charge in [-0.2, -0.15) is 0 Å². The minimum absolute atomic E-state index is 0.0134. The summed E-state index contributed by atoms with van der Waals surface area (Å²) >= 11 is 0. The second kappa shape index (κ2) is 15.8. The topological polar surface area (TPSA) is 132 Å². The fraction of sp³-hybridized carbons (Fsp3) is 0.108. The highest BCUT2D eigenvalue weighted by Gasteiger charge is 2.31. The van der Waals surface area contributed by atoms with E-state index in [1.165, 1.54) is 76.2 Å². The maximum atomic E-state index is 16.2. The van der Waals surface area contributed by atoms with E-state index in [1.54, 1.807) is 0 Å². The van der Waals surface area contributed by atoms with Gasteiger partial charge in [-0.25, -0.2) is 32.8 Å². The molecule has 3 aromatic carbocycles. The van der Waals surface area contributed by atoms with Crippen molar-refractivity contribution in [2.24, 2.45) is 0 Å². The predicted molar refractivity (Wildman–Crippen MR) is 172 cm³/mol. The van der Waals surface area contributed by atoms with Crippen molar-refractivity contribution in [3.63, 3.8) is 0 Å². The Hall–Kier alpha value is -6.61. The first-order valence-electron chi connectivity index (χ1n) is 14.0. The normalized spacial score (nSPS) is 10.0. The van der Waals surface area contributed by atoms with Crippen LogP contribution in [-0.2, 0) is 23.9 Å². The molecule has 0 fully saturated rings. The summed E-state index contributed by atoms with van der Waals surface area (Å²) < 4.78 is 57.5. The third kappa shape index (κ3) is 9.46. The monoisotopic (exact) mass is 670 g/mol. The molecule has 3 aromatic rings. The average molecular weight is 671 g/mol. The molecule has 49 heavy (non-hydrogen) atoms. The Morgan fingerprint density at radius 2 is 0.959 bits per heavy atom. The molecule has 0 atom stereocenters. The standard InChI is InChI=1S/C37H28F2O10/c1-19(2)33(40)45-25-16-12-24(13-17-25)28-31(47-34(41)20(3)4)29(38)27(30(39)32(28)48-35(42)21(5)6)18-11-23-9-14-26(15-10-23)46-37(44)49-36(43)22(7)8/h9-10,12-17H,1,3,5,7H2,2,4,6,8H3. The first kappa shape index (κ1) is 36.9. The average Bonchev–Trinajstić information content (AvgIpc) is 3.04. The van der Waals surface area contributed by atoms with E-state index in [9.17, 15) is 24.0 Å². The van der Waals surface area contributed by atoms with E-state index in [4.69, 9.17) is 18.9 Å². The van der Waals surface area contributed by atoms with Crippen LogP contribution in [0.15, 0.2) is 97.1 Å². The molecular weight excluding hydrogens is 642 g/mol. The van der Waals surface area contributed by atoms with Gasteiger partial charge in [-0.05, 0) is 69.7 Å². The lowest BCUT2D eigenvalue weighted by Crippen LogP contribution is -2.16. The van der Waals surface area contributed by atoms with Gasteiger partial charge < -0.3 is 23.7 Å². The number of esters is 4. The van der Waals surface area contributed by atoms with Crippen molar-refractivity contribution in [3.05, 3.63) is 120 Å². The Labute approximate surface area is 279 Å². The SMILES string of the molecule is C=C(C)C(=O)OC(=O)Oc1ccc(C#Cc2c(F)c(OC(=O)C(=C)C)c(-c3ccc(OC(=O)C(=C)C)cc3)c(OC(=O)C(=C)C)c2F)cc1. The molecule has 12 heteroatoms. The quantitative estimate of drug-likeness (QED) is 0.0580. The van der Waals surface area contributed by atoms with Crippen molar-refractivity contribution in [2.75, 3.05) is 0 Å². The van der Waals surface area contributed by atoms with Crippen LogP contribution in [0.25, 0.3) is 11.1 Å². The fourth-order valence-electron chi connectivity index (χ4n) is 3.47. The summed E-state index contributed by atoms with van der Waals surface area (Å²) in [6.07, 6.45) is -1.31. The number of benzene rings is 3. The lowest BCUT2D eigenvalue weighted by molar-refractivity contribution is -0.134. The molecule has 0 spiro atoms. The minimum atomic E-state index is -1.42. The highest BCUT2D eigenvalue weighted by atomic mass is 19.1. The summed E-state index contributed by atoms with van der Waals surface area (Å²) in [7, 11) is 0. The second-order valence-corrected chi connectivity index (χ2v) is 10.4. The summed E-state index contributed by atoms with van der Waals surface area (Å²) in [6, 6.07) is 10.3. The Balaban J connectivity index is 2.17. The third-order valence-electron chi connectivity index (χ3n) is 5.99. The number of ether oxygens (including phenoxy) is 5. The van der Waals surface area contributed by atoms with Gasteiger partial charge in [0.1, 0.15) is 17.1 Å². The van der Waals surface area contributed by atoms with Crippen LogP contribution < -0.4 is 18.9 Å². The second-order valence-electron chi connectivity index (χ2n) is 10.4. The molecule has 0 radical (unpaired) electrons. The van der Waals surface area contributed by atoms with Gasteiger partial charge in [0.2, 0.25) is 0 Å². The predicted octanol–water partition coefficient (Wildman–Crippen LogP) is 7.09. The highest BCUT2D eigenvalue weighted by Crippen LogP contribution is 2.45. The first-order chi connectivity index (χ1) is 23.0. The van der Waals surface area contributed by atoms with Gasteiger partial charge in [-0.15, -0.1) is 0 Å². The van der Waals surface area contributed by atoms with Crippen molar-refractivity contribution in [1.82, 2.24) is 0 Å². The molecule has 0 aliphatic heterocycles. The molecule has 0 heterocycles. The zero-order valence-corrected chi connectivity index (χ0v) is 26.8. The van der Waals surface area contributed by atoms with Crippen LogP contribution >= 0.6 is 0 Å². The van der Waals surface area contributed by atoms with Crippen LogP contribution in [0.3, 0.4) is 0 Å². The van der Waals surface area contributed by atoms with E-state index in [0.717, 1.165) is 0 Å². The number of carbonyl (C=O) groups is 5. The zero-order valence-electron chi connectivity index (χ0n) is 26.8. The number of hydrogen-bond acceptors (Lipinski definition) is 10. The molecule has 3 rings (SSSR count). The summed E-state index contributed by atoms with van der Waals surface area (Å²) in [4.78, 5) is 60.5. The number of halogens is 2. The Bertz CT molecular complexity index is 1940. The van der Waals surface area contributed by atoms with E-state index in [1.807, 2.05) is 0 Å². The van der Waals surface area contributed by atoms with E-state index < -0.39 is 64.3 Å². The Kier molecular flexibility index (Phi) is 11.9. The smallest absolute Gasteiger partial charge is 0.423 e. The summed E-state index contributed by atoms with van der Waals surface area (Å²) in [6.45, 7) is 19.2. The van der Waals surface area contributed by atoms with Gasteiger partial charge in [-0.3, -0.25) is 0 Å². The van der Waals surface area contributed by atoms with Crippen molar-refractivity contribution < 1.29 is 56.4 Å². The van der Waals surface area contributed by atoms with Crippen LogP contribution in [0, 0.1) is 23.5 Å². The van der Waals surface area contributed by atoms with Crippen LogP contribution in [0.4, 0.5) is 13.6 Å². The molecule has 0 amide bonds. The van der Waals surface area contributed by atoms with E-state index in [2.05, 4.69) is 42.9 Å². The molecule has 0 aromatic heterocycles. The summed E-state index contributed by atoms with van der Waals surface area (Å²) in [5, 5.41) is 0. The van der Waals surface area contributed by atoms with Gasteiger partial charge in [0.15, 0.2) is 23.1 Å². The maximum Gasteiger partial charge on any atom is 0.521 e. The summed E-state index contributed by atoms with van der Waals surface area (Å²) in [5.74, 6) is -3.56. The molecule has 250 valence electrons. The fourth-order valence-corrected chi connectivity index (χ4v) is 3.47. The lowest BCUT2D eigenvalue weighted by Gasteiger charge is -2.18. The number of carbonyl (C=O) groups excluding carboxylic acids is 5. The van der Waals surface area contributed by atoms with E-state index in [-0.39, 0.29) is 44.9 Å². The number of hydrogen-bond donors (Lipinski definition) is 0. The Morgan fingerprint density at radius 1 is 0.551 bits per heavy atom. The maximum absolute atomic E-state index is 16.2. The van der Waals surface area contributed by atoms with Crippen molar-refractivity contribution in [3.8, 4) is 46.0 Å². The first-order valence-corrected chi connectivity index (χ1v) is 14.0. The molecule has 0 N–H and O–H groups in total. The number of rotatable bonds is 9. The molecule has 0 saturated carbocycles. The van der Waals surface area contributed by atoms with Gasteiger partial charge in [0.05, 0.1) is 5.56 Å². The highest BCUT2D eigenvalue weighted by molar-refractivity contribution is 5.95. The van der Waals surface area contributed by atoms with Gasteiger partial charge in [0, 0.05) is 27.9 Å². The molecule has 0 bridgehead atoms. The molecular formula is C37H28F2O10. The molecule has 0 aliphatic carbocycles. The van der Waals surface area contributed by atoms with Crippen LogP contribution in [-0.4, -0.2) is 30.0 Å². The largest absolute Gasteiger partial charge is 0.521 e. The van der Waals surface area contributed by atoms with E-state index >= 15 is 8.78 Å². The van der Waals surface area contributed by atoms with Crippen LogP contribution in [0.1, 0.15) is 38.8 Å². The van der Waals surface area contributed by atoms with E-state index in [0.29, 0.717) is 0 Å². The van der Waals surface area contributed by atoms with Crippen LogP contribution in [0.5, 0.6) is 23.0 Å². The van der Waals surface area contributed by atoms with Crippen LogP contribution in [0.2, 0.25) is 0 Å². The lowest BCUT2D eigenvalue weighted by atomic mass is 9.99. The Morgan fingerprint density at radius 3 is 1.41 bits per heavy atom. The molecule has 0 aliphatic rings. The molecule has 0 unspecified atom stereocenters. The van der Waals surface area contributed by atoms with Gasteiger partial charge >= 0.3 is 30.0 Å². The molecule has 10 nitrogen and oxygen atoms in total. The molecule has 0 saturated heterocycles. The van der Waals surface area contributed by atoms with Crippen molar-refractivity contribution in [1.29, 1.82) is 0 Å². The zero-order chi connectivity index (χ0) is 36.6. The van der Waals surface area contributed by atoms with Crippen molar-refractivity contribution in [2.45, 2.75) is 27.7 Å². The van der Waals surface area contributed by atoms with Crippen molar-refractivity contribution >= 4 is 30.0 Å². The van der Waals surface area contributed by atoms with Gasteiger partial charge in [-0.1, -0.05) is 50.3 Å².